The van der Waals surface area contributed by atoms with E-state index < -0.39 is 5.67 Å². The molecule has 11 heavy (non-hydrogen) atoms. The molecule has 0 heterocycles. The van der Waals surface area contributed by atoms with Gasteiger partial charge in [0.1, 0.15) is 5.67 Å². The van der Waals surface area contributed by atoms with E-state index in [1.54, 1.807) is 13.8 Å². The molecule has 0 aliphatic rings. The van der Waals surface area contributed by atoms with Gasteiger partial charge < -0.3 is 0 Å². The van der Waals surface area contributed by atoms with Crippen molar-refractivity contribution in [2.24, 2.45) is 5.92 Å². The van der Waals surface area contributed by atoms with Crippen LogP contribution < -0.4 is 0 Å². The molecule has 0 spiro atoms. The quantitative estimate of drug-likeness (QED) is 0.549. The molecule has 0 fully saturated rings. The van der Waals surface area contributed by atoms with Gasteiger partial charge in [-0.3, -0.25) is 0 Å². The van der Waals surface area contributed by atoms with Crippen LogP contribution in [0.1, 0.15) is 41.0 Å². The summed E-state index contributed by atoms with van der Waals surface area (Å²) in [4.78, 5) is 0. The molecule has 0 saturated carbocycles. The normalized spacial score (nSPS) is 16.7. The van der Waals surface area contributed by atoms with Gasteiger partial charge in [0, 0.05) is 0 Å². The molecule has 0 aromatic carbocycles. The summed E-state index contributed by atoms with van der Waals surface area (Å²) in [5, 5.41) is 0. The van der Waals surface area contributed by atoms with Crippen molar-refractivity contribution in [1.82, 2.24) is 0 Å². The second-order valence-corrected chi connectivity index (χ2v) is 3.86. The maximum absolute atomic E-state index is 13.1. The fourth-order valence-corrected chi connectivity index (χ4v) is 1.17. The molecule has 0 rings (SSSR count). The van der Waals surface area contributed by atoms with E-state index in [4.69, 9.17) is 0 Å². The van der Waals surface area contributed by atoms with Crippen molar-refractivity contribution in [2.75, 3.05) is 0 Å². The number of hydrogen-bond donors (Lipinski definition) is 0. The zero-order valence-corrected chi connectivity index (χ0v) is 8.24. The first kappa shape index (κ1) is 10.7. The molecule has 0 aromatic heterocycles. The summed E-state index contributed by atoms with van der Waals surface area (Å²) in [6.07, 6.45) is 2.67. The molecule has 0 saturated heterocycles. The van der Waals surface area contributed by atoms with E-state index in [1.165, 1.54) is 5.57 Å². The summed E-state index contributed by atoms with van der Waals surface area (Å²) in [6, 6.07) is 0. The molecule has 0 radical (unpaired) electrons. The minimum atomic E-state index is -1.04. The average Bonchev–Trinajstić information content (AvgIpc) is 1.82. The van der Waals surface area contributed by atoms with Crippen LogP contribution in [0.4, 0.5) is 4.39 Å². The van der Waals surface area contributed by atoms with Crippen molar-refractivity contribution >= 4 is 0 Å². The molecule has 66 valence electrons. The van der Waals surface area contributed by atoms with Crippen LogP contribution in [0.2, 0.25) is 0 Å². The maximum Gasteiger partial charge on any atom is 0.106 e. The largest absolute Gasteiger partial charge is 0.244 e. The lowest BCUT2D eigenvalue weighted by molar-refractivity contribution is 0.182. The molecule has 0 aliphatic carbocycles. The minimum absolute atomic E-state index is 0.361. The Morgan fingerprint density at radius 2 is 2.00 bits per heavy atom. The van der Waals surface area contributed by atoms with Crippen molar-refractivity contribution < 1.29 is 4.39 Å². The SMILES string of the molecule is C/C=C(\C)C(C)CC(C)(C)F. The van der Waals surface area contributed by atoms with Crippen molar-refractivity contribution in [3.05, 3.63) is 11.6 Å². The molecule has 0 N–H and O–H groups in total. The molecule has 0 nitrogen and oxygen atoms in total. The highest BCUT2D eigenvalue weighted by molar-refractivity contribution is 5.01. The monoisotopic (exact) mass is 158 g/mol. The van der Waals surface area contributed by atoms with Crippen LogP contribution in [0.5, 0.6) is 0 Å². The lowest BCUT2D eigenvalue weighted by atomic mass is 9.91. The van der Waals surface area contributed by atoms with E-state index in [0.717, 1.165) is 0 Å². The Labute approximate surface area is 69.5 Å². The molecule has 0 aromatic rings. The minimum Gasteiger partial charge on any atom is -0.244 e. The van der Waals surface area contributed by atoms with E-state index >= 15 is 0 Å². The second-order valence-electron chi connectivity index (χ2n) is 3.86. The topological polar surface area (TPSA) is 0 Å². The third-order valence-corrected chi connectivity index (χ3v) is 2.02. The summed E-state index contributed by atoms with van der Waals surface area (Å²) < 4.78 is 13.1. The fourth-order valence-electron chi connectivity index (χ4n) is 1.17. The first-order chi connectivity index (χ1) is 4.87. The highest BCUT2D eigenvalue weighted by Crippen LogP contribution is 2.24. The van der Waals surface area contributed by atoms with Gasteiger partial charge in [0.2, 0.25) is 0 Å². The third kappa shape index (κ3) is 5.00. The molecular formula is C10H19F. The highest BCUT2D eigenvalue weighted by atomic mass is 19.1. The van der Waals surface area contributed by atoms with E-state index in [2.05, 4.69) is 19.9 Å². The van der Waals surface area contributed by atoms with Gasteiger partial charge in [0.05, 0.1) is 0 Å². The zero-order chi connectivity index (χ0) is 9.07. The van der Waals surface area contributed by atoms with Gasteiger partial charge in [-0.25, -0.2) is 4.39 Å². The Morgan fingerprint density at radius 3 is 2.27 bits per heavy atom. The number of hydrogen-bond acceptors (Lipinski definition) is 0. The lowest BCUT2D eigenvalue weighted by Crippen LogP contribution is -2.16. The fraction of sp³-hybridized carbons (Fsp3) is 0.800. The van der Waals surface area contributed by atoms with Gasteiger partial charge in [-0.2, -0.15) is 0 Å². The van der Waals surface area contributed by atoms with Crippen LogP contribution in [-0.2, 0) is 0 Å². The molecular weight excluding hydrogens is 139 g/mol. The Balaban J connectivity index is 3.98. The van der Waals surface area contributed by atoms with Crippen LogP contribution in [0.25, 0.3) is 0 Å². The first-order valence-electron chi connectivity index (χ1n) is 4.18. The average molecular weight is 158 g/mol. The smallest absolute Gasteiger partial charge is 0.106 e. The lowest BCUT2D eigenvalue weighted by Gasteiger charge is -2.20. The number of halogens is 1. The molecule has 1 unspecified atom stereocenters. The summed E-state index contributed by atoms with van der Waals surface area (Å²) in [5.74, 6) is 0.361. The molecule has 0 bridgehead atoms. The van der Waals surface area contributed by atoms with Crippen molar-refractivity contribution in [1.29, 1.82) is 0 Å². The standard InChI is InChI=1S/C10H19F/c1-6-8(2)9(3)7-10(4,5)11/h6,9H,7H2,1-5H3/b8-6+. The van der Waals surface area contributed by atoms with E-state index in [-0.39, 0.29) is 0 Å². The number of rotatable bonds is 3. The van der Waals surface area contributed by atoms with Crippen LogP contribution in [0.15, 0.2) is 11.6 Å². The van der Waals surface area contributed by atoms with Gasteiger partial charge in [0.15, 0.2) is 0 Å². The van der Waals surface area contributed by atoms with Gasteiger partial charge in [-0.05, 0) is 40.0 Å². The molecule has 0 amide bonds. The Morgan fingerprint density at radius 1 is 1.55 bits per heavy atom. The molecule has 0 aliphatic heterocycles. The van der Waals surface area contributed by atoms with Gasteiger partial charge in [-0.15, -0.1) is 0 Å². The number of allylic oxidation sites excluding steroid dienone is 2. The predicted octanol–water partition coefficient (Wildman–Crippen LogP) is 3.73. The third-order valence-electron chi connectivity index (χ3n) is 2.02. The van der Waals surface area contributed by atoms with Crippen molar-refractivity contribution in [3.63, 3.8) is 0 Å². The van der Waals surface area contributed by atoms with Crippen LogP contribution >= 0.6 is 0 Å². The van der Waals surface area contributed by atoms with E-state index in [0.29, 0.717) is 12.3 Å². The highest BCUT2D eigenvalue weighted by Gasteiger charge is 2.19. The molecule has 1 heteroatoms. The second kappa shape index (κ2) is 3.89. The van der Waals surface area contributed by atoms with Crippen LogP contribution in [-0.4, -0.2) is 5.67 Å². The van der Waals surface area contributed by atoms with Crippen molar-refractivity contribution in [2.45, 2.75) is 46.7 Å². The van der Waals surface area contributed by atoms with Gasteiger partial charge >= 0.3 is 0 Å². The molecule has 1 atom stereocenters. The summed E-state index contributed by atoms with van der Waals surface area (Å²) in [6.45, 7) is 9.38. The Hall–Kier alpha value is -0.330. The first-order valence-corrected chi connectivity index (χ1v) is 4.18. The van der Waals surface area contributed by atoms with E-state index in [1.807, 2.05) is 6.92 Å². The Bertz CT molecular complexity index is 139. The van der Waals surface area contributed by atoms with Gasteiger partial charge in [-0.1, -0.05) is 18.6 Å². The zero-order valence-electron chi connectivity index (χ0n) is 8.24. The summed E-state index contributed by atoms with van der Waals surface area (Å²) >= 11 is 0. The number of alkyl halides is 1. The summed E-state index contributed by atoms with van der Waals surface area (Å²) in [7, 11) is 0. The Kier molecular flexibility index (Phi) is 3.77. The van der Waals surface area contributed by atoms with Crippen molar-refractivity contribution in [3.8, 4) is 0 Å². The van der Waals surface area contributed by atoms with Crippen LogP contribution in [0, 0.1) is 5.92 Å². The van der Waals surface area contributed by atoms with E-state index in [9.17, 15) is 4.39 Å². The predicted molar refractivity (Wildman–Crippen MR) is 48.4 cm³/mol. The maximum atomic E-state index is 13.1. The summed E-state index contributed by atoms with van der Waals surface area (Å²) in [5.41, 5.74) is 0.236. The van der Waals surface area contributed by atoms with Gasteiger partial charge in [0.25, 0.3) is 0 Å². The van der Waals surface area contributed by atoms with Crippen LogP contribution in [0.3, 0.4) is 0 Å².